The van der Waals surface area contributed by atoms with Crippen LogP contribution >= 0.6 is 15.9 Å². The first-order valence-corrected chi connectivity index (χ1v) is 4.77. The average molecular weight is 229 g/mol. The lowest BCUT2D eigenvalue weighted by atomic mass is 10.0. The van der Waals surface area contributed by atoms with Crippen LogP contribution in [0, 0.1) is 0 Å². The maximum Gasteiger partial charge on any atom is 0.120 e. The van der Waals surface area contributed by atoms with E-state index in [1.807, 2.05) is 6.07 Å². The number of hydrogen-bond acceptors (Lipinski definition) is 1. The van der Waals surface area contributed by atoms with Crippen LogP contribution in [-0.4, -0.2) is 7.11 Å². The first-order chi connectivity index (χ1) is 5.63. The highest BCUT2D eigenvalue weighted by Crippen LogP contribution is 2.25. The maximum atomic E-state index is 5.16. The molecule has 0 amide bonds. The van der Waals surface area contributed by atoms with Gasteiger partial charge in [0.2, 0.25) is 0 Å². The first kappa shape index (κ1) is 9.59. The Labute approximate surface area is 81.9 Å². The summed E-state index contributed by atoms with van der Waals surface area (Å²) in [5, 5.41) is 0. The standard InChI is InChI=1S/C10H13BrO/c1-7(2)8-4-9(11)6-10(5-8)12-3/h4-7H,1-3H3. The summed E-state index contributed by atoms with van der Waals surface area (Å²) in [6, 6.07) is 6.15. The van der Waals surface area contributed by atoms with Crippen LogP contribution in [0.2, 0.25) is 0 Å². The van der Waals surface area contributed by atoms with E-state index in [0.29, 0.717) is 5.92 Å². The van der Waals surface area contributed by atoms with Crippen LogP contribution in [0.25, 0.3) is 0 Å². The minimum absolute atomic E-state index is 0.538. The highest BCUT2D eigenvalue weighted by molar-refractivity contribution is 9.10. The van der Waals surface area contributed by atoms with Crippen molar-refractivity contribution in [1.82, 2.24) is 0 Å². The molecule has 1 nitrogen and oxygen atoms in total. The van der Waals surface area contributed by atoms with Crippen molar-refractivity contribution < 1.29 is 4.74 Å². The number of rotatable bonds is 2. The highest BCUT2D eigenvalue weighted by atomic mass is 79.9. The molecule has 0 heterocycles. The monoisotopic (exact) mass is 228 g/mol. The second kappa shape index (κ2) is 3.94. The summed E-state index contributed by atoms with van der Waals surface area (Å²) in [5.41, 5.74) is 1.29. The van der Waals surface area contributed by atoms with Crippen molar-refractivity contribution in [3.05, 3.63) is 28.2 Å². The third-order valence-corrected chi connectivity index (χ3v) is 2.25. The number of ether oxygens (including phenoxy) is 1. The Hall–Kier alpha value is -0.500. The highest BCUT2D eigenvalue weighted by Gasteiger charge is 2.02. The molecule has 0 aromatic heterocycles. The SMILES string of the molecule is COc1cc(Br)cc(C(C)C)c1. The van der Waals surface area contributed by atoms with Gasteiger partial charge in [-0.1, -0.05) is 29.8 Å². The molecule has 0 saturated carbocycles. The molecule has 0 N–H and O–H groups in total. The molecule has 1 aromatic rings. The molecule has 0 aliphatic carbocycles. The van der Waals surface area contributed by atoms with Crippen molar-refractivity contribution in [2.45, 2.75) is 19.8 Å². The Morgan fingerprint density at radius 2 is 1.92 bits per heavy atom. The molecule has 0 aliphatic heterocycles. The van der Waals surface area contributed by atoms with Crippen LogP contribution in [0.15, 0.2) is 22.7 Å². The van der Waals surface area contributed by atoms with Crippen molar-refractivity contribution in [1.29, 1.82) is 0 Å². The van der Waals surface area contributed by atoms with Gasteiger partial charge < -0.3 is 4.74 Å². The van der Waals surface area contributed by atoms with Gasteiger partial charge in [0, 0.05) is 4.47 Å². The lowest BCUT2D eigenvalue weighted by Crippen LogP contribution is -1.89. The van der Waals surface area contributed by atoms with E-state index in [4.69, 9.17) is 4.74 Å². The Balaban J connectivity index is 3.06. The van der Waals surface area contributed by atoms with E-state index in [0.717, 1.165) is 10.2 Å². The van der Waals surface area contributed by atoms with Crippen molar-refractivity contribution >= 4 is 15.9 Å². The molecule has 66 valence electrons. The summed E-state index contributed by atoms with van der Waals surface area (Å²) in [6.07, 6.45) is 0. The Kier molecular flexibility index (Phi) is 3.15. The second-order valence-corrected chi connectivity index (χ2v) is 3.99. The van der Waals surface area contributed by atoms with Crippen LogP contribution in [0.1, 0.15) is 25.3 Å². The van der Waals surface area contributed by atoms with E-state index in [-0.39, 0.29) is 0 Å². The van der Waals surface area contributed by atoms with Gasteiger partial charge in [-0.25, -0.2) is 0 Å². The average Bonchev–Trinajstić information content (AvgIpc) is 2.03. The fourth-order valence-electron chi connectivity index (χ4n) is 1.04. The molecule has 0 saturated heterocycles. The largest absolute Gasteiger partial charge is 0.497 e. The van der Waals surface area contributed by atoms with Gasteiger partial charge in [-0.2, -0.15) is 0 Å². The number of methoxy groups -OCH3 is 1. The quantitative estimate of drug-likeness (QED) is 0.753. The lowest BCUT2D eigenvalue weighted by Gasteiger charge is -2.08. The molecule has 0 unspecified atom stereocenters. The van der Waals surface area contributed by atoms with Crippen LogP contribution in [0.4, 0.5) is 0 Å². The zero-order chi connectivity index (χ0) is 9.14. The summed E-state index contributed by atoms with van der Waals surface area (Å²) in [5.74, 6) is 1.45. The van der Waals surface area contributed by atoms with Crippen LogP contribution in [0.5, 0.6) is 5.75 Å². The summed E-state index contributed by atoms with van der Waals surface area (Å²) >= 11 is 3.44. The maximum absolute atomic E-state index is 5.16. The minimum atomic E-state index is 0.538. The number of benzene rings is 1. The topological polar surface area (TPSA) is 9.23 Å². The van der Waals surface area contributed by atoms with Crippen molar-refractivity contribution in [2.24, 2.45) is 0 Å². The first-order valence-electron chi connectivity index (χ1n) is 3.98. The summed E-state index contributed by atoms with van der Waals surface area (Å²) in [4.78, 5) is 0. The van der Waals surface area contributed by atoms with Gasteiger partial charge in [0.15, 0.2) is 0 Å². The molecule has 1 rings (SSSR count). The van der Waals surface area contributed by atoms with E-state index < -0.39 is 0 Å². The van der Waals surface area contributed by atoms with Crippen molar-refractivity contribution in [3.8, 4) is 5.75 Å². The van der Waals surface area contributed by atoms with Crippen molar-refractivity contribution in [2.75, 3.05) is 7.11 Å². The van der Waals surface area contributed by atoms with E-state index >= 15 is 0 Å². The lowest BCUT2D eigenvalue weighted by molar-refractivity contribution is 0.413. The van der Waals surface area contributed by atoms with Crippen LogP contribution in [0.3, 0.4) is 0 Å². The predicted molar refractivity (Wildman–Crippen MR) is 54.8 cm³/mol. The molecule has 0 aliphatic rings. The molecule has 0 bridgehead atoms. The molecule has 0 radical (unpaired) electrons. The van der Waals surface area contributed by atoms with E-state index in [9.17, 15) is 0 Å². The molecular weight excluding hydrogens is 216 g/mol. The van der Waals surface area contributed by atoms with Gasteiger partial charge in [0.25, 0.3) is 0 Å². The van der Waals surface area contributed by atoms with Crippen molar-refractivity contribution in [3.63, 3.8) is 0 Å². The van der Waals surface area contributed by atoms with Crippen LogP contribution in [-0.2, 0) is 0 Å². The fraction of sp³-hybridized carbons (Fsp3) is 0.400. The zero-order valence-corrected chi connectivity index (χ0v) is 9.18. The molecule has 0 atom stereocenters. The fourth-order valence-corrected chi connectivity index (χ4v) is 1.53. The molecule has 0 spiro atoms. The summed E-state index contributed by atoms with van der Waals surface area (Å²) < 4.78 is 6.23. The molecule has 0 fully saturated rings. The third-order valence-electron chi connectivity index (χ3n) is 1.80. The van der Waals surface area contributed by atoms with Gasteiger partial charge in [0.05, 0.1) is 7.11 Å². The van der Waals surface area contributed by atoms with Gasteiger partial charge >= 0.3 is 0 Å². The van der Waals surface area contributed by atoms with Gasteiger partial charge in [-0.05, 0) is 29.7 Å². The Morgan fingerprint density at radius 3 is 2.42 bits per heavy atom. The van der Waals surface area contributed by atoms with Gasteiger partial charge in [-0.3, -0.25) is 0 Å². The normalized spacial score (nSPS) is 10.4. The predicted octanol–water partition coefficient (Wildman–Crippen LogP) is 3.58. The molecular formula is C10H13BrO. The van der Waals surface area contributed by atoms with Gasteiger partial charge in [-0.15, -0.1) is 0 Å². The third kappa shape index (κ3) is 2.24. The molecule has 12 heavy (non-hydrogen) atoms. The van der Waals surface area contributed by atoms with E-state index in [1.165, 1.54) is 5.56 Å². The summed E-state index contributed by atoms with van der Waals surface area (Å²) in [7, 11) is 1.69. The van der Waals surface area contributed by atoms with E-state index in [2.05, 4.69) is 41.9 Å². The zero-order valence-electron chi connectivity index (χ0n) is 7.60. The number of halogens is 1. The minimum Gasteiger partial charge on any atom is -0.497 e. The molecule has 2 heteroatoms. The summed E-state index contributed by atoms with van der Waals surface area (Å²) in [6.45, 7) is 4.34. The van der Waals surface area contributed by atoms with E-state index in [1.54, 1.807) is 7.11 Å². The smallest absolute Gasteiger partial charge is 0.120 e. The Bertz CT molecular complexity index is 269. The second-order valence-electron chi connectivity index (χ2n) is 3.08. The number of hydrogen-bond donors (Lipinski definition) is 0. The Morgan fingerprint density at radius 1 is 1.25 bits per heavy atom. The van der Waals surface area contributed by atoms with Crippen LogP contribution < -0.4 is 4.74 Å². The molecule has 1 aromatic carbocycles. The van der Waals surface area contributed by atoms with Gasteiger partial charge in [0.1, 0.15) is 5.75 Å².